The zero-order valence-corrected chi connectivity index (χ0v) is 1.97. The van der Waals surface area contributed by atoms with Crippen molar-refractivity contribution in [2.45, 2.75) is 0 Å². The zero-order valence-electron chi connectivity index (χ0n) is 1.97. The third-order valence-corrected chi connectivity index (χ3v) is 0. The third kappa shape index (κ3) is 0.430. The highest BCUT2D eigenvalue weighted by Gasteiger charge is 1.45. The second-order valence-corrected chi connectivity index (χ2v) is 0.0745. The van der Waals surface area contributed by atoms with Crippen LogP contribution in [0.5, 0.6) is 0 Å². The first-order chi connectivity index (χ1) is 1.41. The van der Waals surface area contributed by atoms with E-state index < -0.39 is 0 Å². The number of hydrogen-bond donors (Lipinski definition) is 2. The molecule has 0 saturated heterocycles. The Balaban J connectivity index is 0. The van der Waals surface area contributed by atoms with E-state index in [0.717, 1.165) is 0 Å². The van der Waals surface area contributed by atoms with Gasteiger partial charge in [-0.1, -0.05) is 5.26 Å². The van der Waals surface area contributed by atoms with Gasteiger partial charge in [-0.25, -0.2) is 0 Å². The summed E-state index contributed by atoms with van der Waals surface area (Å²) < 4.78 is 2.00. The van der Waals surface area contributed by atoms with Gasteiger partial charge < -0.3 is 6.15 Å². The summed E-state index contributed by atoms with van der Waals surface area (Å²) in [4.78, 5) is 7.99. The maximum absolute atomic E-state index is 7.99. The van der Waals surface area contributed by atoms with Crippen molar-refractivity contribution < 1.29 is 5.26 Å². The minimum atomic E-state index is 0. The number of hydrogen-bond acceptors (Lipinski definition) is 2. The van der Waals surface area contributed by atoms with Crippen molar-refractivity contribution in [3.63, 3.8) is 0 Å². The molecule has 0 aliphatic heterocycles. The van der Waals surface area contributed by atoms with Crippen molar-refractivity contribution in [1.29, 1.82) is 0 Å². The van der Waals surface area contributed by atoms with Gasteiger partial charge in [0.05, 0.1) is 0 Å². The van der Waals surface area contributed by atoms with Crippen LogP contribution in [-0.4, -0.2) is 5.26 Å². The van der Waals surface area contributed by atoms with Gasteiger partial charge in [0.15, 0.2) is 0 Å². The van der Waals surface area contributed by atoms with Gasteiger partial charge in [0.25, 0.3) is 4.96 Å². The monoisotopic (exact) mass is 66.0 g/mol. The van der Waals surface area contributed by atoms with Crippen LogP contribution in [-0.2, 0) is 0 Å². The van der Waals surface area contributed by atoms with E-state index in [1.165, 1.54) is 0 Å². The Morgan fingerprint density at radius 2 is 1.75 bits per heavy atom. The summed E-state index contributed by atoms with van der Waals surface area (Å²) in [5.74, 6) is 0. The Hall–Kier alpha value is -0.640. The Morgan fingerprint density at radius 3 is 1.75 bits per heavy atom. The molecule has 4 N–H and O–H groups in total. The lowest BCUT2D eigenvalue weighted by Gasteiger charge is -1.05. The molecule has 0 unspecified atom stereocenters. The molecule has 4 heteroatoms. The molecule has 0 aliphatic rings. The maximum atomic E-state index is 7.99. The van der Waals surface area contributed by atoms with Crippen LogP contribution >= 0.6 is 0 Å². The summed E-state index contributed by atoms with van der Waals surface area (Å²) in [5, 5.41) is 6.51. The van der Waals surface area contributed by atoms with Crippen LogP contribution < -0.4 is 6.15 Å². The standard InChI is InChI=1S/H3N.HO3/c;1-3-2/h1H3;1H/q;+1. The summed E-state index contributed by atoms with van der Waals surface area (Å²) in [7, 11) is 0. The summed E-state index contributed by atoms with van der Waals surface area (Å²) in [6.45, 7) is 0. The van der Waals surface area contributed by atoms with E-state index >= 15 is 0 Å². The fourth-order valence-corrected chi connectivity index (χ4v) is 0. The van der Waals surface area contributed by atoms with Crippen molar-refractivity contribution in [3.8, 4) is 0 Å². The maximum Gasteiger partial charge on any atom is 0.374 e. The third-order valence-electron chi connectivity index (χ3n) is 0. The van der Waals surface area contributed by atoms with Crippen LogP contribution in [0.4, 0.5) is 0 Å². The molecule has 4 heavy (non-hydrogen) atoms. The van der Waals surface area contributed by atoms with E-state index in [0.29, 0.717) is 0 Å². The first-order valence-electron chi connectivity index (χ1n) is 0.349. The van der Waals surface area contributed by atoms with Gasteiger partial charge in [-0.05, 0) is 0 Å². The molecule has 0 aromatic heterocycles. The smallest absolute Gasteiger partial charge is 0.344 e. The lowest BCUT2D eigenvalue weighted by atomic mass is 14.0. The molecular weight excluding hydrogens is 62.0 g/mol. The van der Waals surface area contributed by atoms with Crippen LogP contribution in [0.1, 0.15) is 0 Å². The Morgan fingerprint density at radius 1 is 1.75 bits per heavy atom. The lowest BCUT2D eigenvalue weighted by Crippen LogP contribution is -1.31. The molecule has 0 aromatic rings. The van der Waals surface area contributed by atoms with Crippen LogP contribution in [0.2, 0.25) is 0 Å². The van der Waals surface area contributed by atoms with E-state index in [1.807, 2.05) is 4.75 Å². The second-order valence-electron chi connectivity index (χ2n) is 0.0745. The van der Waals surface area contributed by atoms with Crippen LogP contribution in [0.3, 0.4) is 0 Å². The highest BCUT2D eigenvalue weighted by Crippen LogP contribution is 1.16. The highest BCUT2D eigenvalue weighted by atomic mass is 17.2. The molecule has 0 heterocycles. The average Bonchev–Trinajstić information content (AvgIpc) is 0.918. The molecule has 26 valence electrons. The first kappa shape index (κ1) is 10.1. The van der Waals surface area contributed by atoms with Gasteiger partial charge in [0, 0.05) is 0 Å². The van der Waals surface area contributed by atoms with Gasteiger partial charge >= 0.3 is 4.75 Å². The fourth-order valence-electron chi connectivity index (χ4n) is 0. The summed E-state index contributed by atoms with van der Waals surface area (Å²) in [5.41, 5.74) is 0. The minimum absolute atomic E-state index is 0. The molecule has 0 fully saturated rings. The molecule has 0 radical (unpaired) electrons. The SMILES string of the molecule is N.O=[O+]O. The quantitative estimate of drug-likeness (QED) is 0.241. The van der Waals surface area contributed by atoms with Crippen molar-refractivity contribution >= 4 is 0 Å². The summed E-state index contributed by atoms with van der Waals surface area (Å²) in [6, 6.07) is 0. The van der Waals surface area contributed by atoms with Crippen LogP contribution in [0, 0.1) is 9.71 Å². The zero-order chi connectivity index (χ0) is 2.71. The average molecular weight is 66.0 g/mol. The predicted octanol–water partition coefficient (Wildman–Crippen LogP) is 0.238. The van der Waals surface area contributed by atoms with Gasteiger partial charge in [-0.2, -0.15) is 0 Å². The predicted molar refractivity (Wildman–Crippen MR) is 14.4 cm³/mol. The second kappa shape index (κ2) is 33.7. The molecule has 0 rings (SSSR count). The molecule has 0 aromatic carbocycles. The van der Waals surface area contributed by atoms with Crippen molar-refractivity contribution in [2.75, 3.05) is 0 Å². The van der Waals surface area contributed by atoms with Gasteiger partial charge in [-0.3, -0.25) is 0 Å². The first-order valence-corrected chi connectivity index (χ1v) is 0.349. The largest absolute Gasteiger partial charge is 0.374 e. The van der Waals surface area contributed by atoms with Crippen LogP contribution in [0.15, 0.2) is 0 Å². The molecule has 0 aliphatic carbocycles. The summed E-state index contributed by atoms with van der Waals surface area (Å²) >= 11 is 0. The molecule has 0 saturated carbocycles. The van der Waals surface area contributed by atoms with E-state index in [2.05, 4.69) is 0 Å². The molecule has 0 spiro atoms. The molecule has 4 nitrogen and oxygen atoms in total. The Labute approximate surface area is 22.5 Å². The van der Waals surface area contributed by atoms with E-state index in [4.69, 9.17) is 10.2 Å². The van der Waals surface area contributed by atoms with Gasteiger partial charge in [-0.15, -0.1) is 0 Å². The van der Waals surface area contributed by atoms with E-state index in [-0.39, 0.29) is 6.15 Å². The highest BCUT2D eigenvalue weighted by molar-refractivity contribution is 4.24. The Kier molecular flexibility index (Phi) is 85.2. The Bertz CT molecular complexity index is 10.8. The van der Waals surface area contributed by atoms with Crippen LogP contribution in [0.25, 0.3) is 0 Å². The van der Waals surface area contributed by atoms with Gasteiger partial charge in [0.1, 0.15) is 0 Å². The topological polar surface area (TPSA) is 83.6 Å². The van der Waals surface area contributed by atoms with E-state index in [9.17, 15) is 0 Å². The fraction of sp³-hybridized carbons (Fsp3) is 0. The van der Waals surface area contributed by atoms with E-state index in [1.54, 1.807) is 0 Å². The molecule has 0 amide bonds. The molecular formula is H4NO3+. The minimum Gasteiger partial charge on any atom is -0.344 e. The number of rotatable bonds is 0. The summed E-state index contributed by atoms with van der Waals surface area (Å²) in [6.07, 6.45) is 0. The molecule has 0 bridgehead atoms. The lowest BCUT2D eigenvalue weighted by molar-refractivity contribution is 0.459. The van der Waals surface area contributed by atoms with Crippen molar-refractivity contribution in [1.82, 2.24) is 6.15 Å². The van der Waals surface area contributed by atoms with Crippen molar-refractivity contribution in [3.05, 3.63) is 9.71 Å². The normalized spacial score (nSPS) is 3.00. The molecule has 0 atom stereocenters. The van der Waals surface area contributed by atoms with Gasteiger partial charge in [0.2, 0.25) is 0 Å². The van der Waals surface area contributed by atoms with Crippen molar-refractivity contribution in [2.24, 2.45) is 0 Å².